The first-order valence-electron chi connectivity index (χ1n) is 10.6. The minimum absolute atomic E-state index is 0.0385. The molecule has 3 aromatic heterocycles. The van der Waals surface area contributed by atoms with Gasteiger partial charge in [0.05, 0.1) is 29.2 Å². The molecule has 2 aromatic carbocycles. The number of fused-ring (bicyclic) bond motifs is 3. The second kappa shape index (κ2) is 7.80. The third kappa shape index (κ3) is 3.27. The molecule has 34 heavy (non-hydrogen) atoms. The summed E-state index contributed by atoms with van der Waals surface area (Å²) >= 11 is 0. The Kier molecular flexibility index (Phi) is 4.73. The van der Waals surface area contributed by atoms with Crippen molar-refractivity contribution in [2.45, 2.75) is 25.5 Å². The van der Waals surface area contributed by atoms with Crippen LogP contribution in [0, 0.1) is 17.5 Å². The topological polar surface area (TPSA) is 87.5 Å². The minimum atomic E-state index is -0.864. The summed E-state index contributed by atoms with van der Waals surface area (Å²) in [6.45, 7) is 0.857. The van der Waals surface area contributed by atoms with Crippen LogP contribution in [0.1, 0.15) is 12.8 Å². The molecule has 0 N–H and O–H groups in total. The molecule has 1 aliphatic rings. The van der Waals surface area contributed by atoms with Crippen molar-refractivity contribution < 1.29 is 22.4 Å². The fourth-order valence-electron chi connectivity index (χ4n) is 4.32. The molecule has 4 heterocycles. The largest absolute Gasteiger partial charge is 0.376 e. The number of rotatable bonds is 4. The number of benzene rings is 2. The van der Waals surface area contributed by atoms with E-state index in [-0.39, 0.29) is 41.1 Å². The summed E-state index contributed by atoms with van der Waals surface area (Å²) in [5, 5.41) is 3.86. The highest BCUT2D eigenvalue weighted by atomic mass is 19.1. The Balaban J connectivity index is 1.54. The lowest BCUT2D eigenvalue weighted by molar-refractivity contribution is 0.0973. The predicted molar refractivity (Wildman–Crippen MR) is 115 cm³/mol. The minimum Gasteiger partial charge on any atom is -0.376 e. The molecule has 0 saturated carbocycles. The fraction of sp³-hybridized carbons (Fsp3) is 0.217. The first-order valence-corrected chi connectivity index (χ1v) is 10.6. The normalized spacial score (nSPS) is 16.1. The number of nitrogens with zero attached hydrogens (tertiary/aromatic N) is 5. The molecule has 0 spiro atoms. The molecule has 1 aliphatic heterocycles. The van der Waals surface area contributed by atoms with E-state index in [4.69, 9.17) is 9.26 Å². The van der Waals surface area contributed by atoms with Crippen molar-refractivity contribution in [1.29, 1.82) is 0 Å². The van der Waals surface area contributed by atoms with Crippen molar-refractivity contribution in [3.63, 3.8) is 0 Å². The summed E-state index contributed by atoms with van der Waals surface area (Å²) in [5.41, 5.74) is 0.722. The predicted octanol–water partition coefficient (Wildman–Crippen LogP) is 3.96. The Morgan fingerprint density at radius 2 is 1.88 bits per heavy atom. The van der Waals surface area contributed by atoms with Gasteiger partial charge in [-0.05, 0) is 43.2 Å². The first-order chi connectivity index (χ1) is 16.5. The van der Waals surface area contributed by atoms with E-state index in [1.807, 2.05) is 0 Å². The number of halogens is 3. The van der Waals surface area contributed by atoms with Gasteiger partial charge >= 0.3 is 0 Å². The Morgan fingerprint density at radius 3 is 2.68 bits per heavy atom. The summed E-state index contributed by atoms with van der Waals surface area (Å²) in [4.78, 5) is 22.1. The number of ether oxygens (including phenoxy) is 1. The lowest BCUT2D eigenvalue weighted by Gasteiger charge is -2.16. The molecule has 1 atom stereocenters. The van der Waals surface area contributed by atoms with Crippen LogP contribution >= 0.6 is 0 Å². The third-order valence-electron chi connectivity index (χ3n) is 5.91. The molecule has 8 nitrogen and oxygen atoms in total. The fourth-order valence-corrected chi connectivity index (χ4v) is 4.32. The van der Waals surface area contributed by atoms with Crippen LogP contribution < -0.4 is 5.56 Å². The van der Waals surface area contributed by atoms with E-state index in [2.05, 4.69) is 15.1 Å². The van der Waals surface area contributed by atoms with Gasteiger partial charge < -0.3 is 13.8 Å². The van der Waals surface area contributed by atoms with E-state index in [0.717, 1.165) is 18.9 Å². The van der Waals surface area contributed by atoms with Gasteiger partial charge in [-0.25, -0.2) is 18.2 Å². The maximum Gasteiger partial charge on any atom is 0.277 e. The summed E-state index contributed by atoms with van der Waals surface area (Å²) in [7, 11) is 0. The number of hydrogen-bond donors (Lipinski definition) is 0. The van der Waals surface area contributed by atoms with E-state index in [0.29, 0.717) is 23.7 Å². The lowest BCUT2D eigenvalue weighted by Crippen LogP contribution is -2.28. The number of aromatic nitrogens is 5. The van der Waals surface area contributed by atoms with Gasteiger partial charge in [0.15, 0.2) is 0 Å². The lowest BCUT2D eigenvalue weighted by atomic mass is 10.2. The van der Waals surface area contributed by atoms with Crippen LogP contribution in [0.25, 0.3) is 39.5 Å². The molecule has 5 aromatic rings. The second-order valence-corrected chi connectivity index (χ2v) is 8.04. The van der Waals surface area contributed by atoms with Crippen molar-refractivity contribution in [3.8, 4) is 23.0 Å². The maximum atomic E-state index is 14.2. The van der Waals surface area contributed by atoms with Gasteiger partial charge in [0.1, 0.15) is 35.0 Å². The molecule has 1 fully saturated rings. The van der Waals surface area contributed by atoms with E-state index in [1.165, 1.54) is 33.5 Å². The number of imidazole rings is 1. The van der Waals surface area contributed by atoms with Crippen LogP contribution in [0.4, 0.5) is 13.2 Å². The van der Waals surface area contributed by atoms with Crippen molar-refractivity contribution in [1.82, 2.24) is 24.1 Å². The molecule has 0 aliphatic carbocycles. The van der Waals surface area contributed by atoms with Gasteiger partial charge in [-0.3, -0.25) is 9.20 Å². The molecular formula is C23H16F3N5O3. The highest BCUT2D eigenvalue weighted by molar-refractivity contribution is 5.83. The zero-order chi connectivity index (χ0) is 23.4. The molecule has 0 bridgehead atoms. The standard InChI is InChI=1S/C23H16F3N5O3/c24-12-3-5-15(16(26)8-12)22-28-21(29-34-22)19-20-23(32)30(10-14-2-1-7-33-14)18-9-13(25)4-6-17(18)31(20)11-27-19/h3-6,8-9,11,14H,1-2,7,10H2. The Morgan fingerprint density at radius 1 is 1.06 bits per heavy atom. The van der Waals surface area contributed by atoms with E-state index >= 15 is 0 Å². The van der Waals surface area contributed by atoms with E-state index in [1.54, 1.807) is 6.07 Å². The average Bonchev–Trinajstić information content (AvgIpc) is 3.57. The van der Waals surface area contributed by atoms with E-state index < -0.39 is 23.0 Å². The van der Waals surface area contributed by atoms with Crippen LogP contribution in [0.3, 0.4) is 0 Å². The second-order valence-electron chi connectivity index (χ2n) is 8.04. The van der Waals surface area contributed by atoms with Crippen molar-refractivity contribution >= 4 is 16.6 Å². The summed E-state index contributed by atoms with van der Waals surface area (Å²) in [6, 6.07) is 7.12. The van der Waals surface area contributed by atoms with Crippen LogP contribution in [-0.2, 0) is 11.3 Å². The van der Waals surface area contributed by atoms with Gasteiger partial charge in [-0.15, -0.1) is 0 Å². The third-order valence-corrected chi connectivity index (χ3v) is 5.91. The molecule has 11 heteroatoms. The molecule has 6 rings (SSSR count). The Labute approximate surface area is 189 Å². The van der Waals surface area contributed by atoms with Crippen LogP contribution in [0.15, 0.2) is 52.0 Å². The molecule has 172 valence electrons. The summed E-state index contributed by atoms with van der Waals surface area (Å²) < 4.78 is 55.4. The maximum absolute atomic E-state index is 14.2. The summed E-state index contributed by atoms with van der Waals surface area (Å²) in [5.74, 6) is -2.30. The molecule has 0 amide bonds. The summed E-state index contributed by atoms with van der Waals surface area (Å²) in [6.07, 6.45) is 2.92. The monoisotopic (exact) mass is 467 g/mol. The average molecular weight is 467 g/mol. The number of hydrogen-bond acceptors (Lipinski definition) is 6. The van der Waals surface area contributed by atoms with Crippen LogP contribution in [0.5, 0.6) is 0 Å². The van der Waals surface area contributed by atoms with E-state index in [9.17, 15) is 18.0 Å². The van der Waals surface area contributed by atoms with Gasteiger partial charge in [0.2, 0.25) is 5.82 Å². The molecule has 1 saturated heterocycles. The zero-order valence-electron chi connectivity index (χ0n) is 17.5. The van der Waals surface area contributed by atoms with Gasteiger partial charge in [-0.1, -0.05) is 5.16 Å². The highest BCUT2D eigenvalue weighted by Crippen LogP contribution is 2.27. The van der Waals surface area contributed by atoms with Crippen LogP contribution in [0.2, 0.25) is 0 Å². The van der Waals surface area contributed by atoms with Gasteiger partial charge in [-0.2, -0.15) is 4.98 Å². The molecule has 1 unspecified atom stereocenters. The van der Waals surface area contributed by atoms with Crippen molar-refractivity contribution in [3.05, 3.63) is 70.5 Å². The SMILES string of the molecule is O=c1c2c(-c3noc(-c4ccc(F)cc4F)n3)ncn2c2ccc(F)cc2n1CC1CCCO1. The molecular weight excluding hydrogens is 451 g/mol. The van der Waals surface area contributed by atoms with Crippen molar-refractivity contribution in [2.24, 2.45) is 0 Å². The van der Waals surface area contributed by atoms with Crippen LogP contribution in [-0.4, -0.2) is 36.8 Å². The van der Waals surface area contributed by atoms with Gasteiger partial charge in [0.25, 0.3) is 11.4 Å². The first kappa shape index (κ1) is 20.6. The smallest absolute Gasteiger partial charge is 0.277 e. The zero-order valence-corrected chi connectivity index (χ0v) is 17.5. The van der Waals surface area contributed by atoms with Gasteiger partial charge in [0, 0.05) is 12.7 Å². The molecule has 0 radical (unpaired) electrons. The quantitative estimate of drug-likeness (QED) is 0.398. The highest BCUT2D eigenvalue weighted by Gasteiger charge is 2.24. The Bertz CT molecular complexity index is 1620. The van der Waals surface area contributed by atoms with Crippen molar-refractivity contribution in [2.75, 3.05) is 6.61 Å². The Hall–Kier alpha value is -3.99.